The van der Waals surface area contributed by atoms with Crippen LogP contribution in [0, 0.1) is 5.92 Å². The highest BCUT2D eigenvalue weighted by Gasteiger charge is 2.22. The Morgan fingerprint density at radius 2 is 2.06 bits per heavy atom. The van der Waals surface area contributed by atoms with Gasteiger partial charge in [0.25, 0.3) is 0 Å². The molecule has 100 valence electrons. The summed E-state index contributed by atoms with van der Waals surface area (Å²) >= 11 is 0. The minimum absolute atomic E-state index is 0.0833. The van der Waals surface area contributed by atoms with Crippen molar-refractivity contribution < 1.29 is 9.90 Å². The Bertz CT molecular complexity index is 380. The van der Waals surface area contributed by atoms with Gasteiger partial charge in [-0.05, 0) is 5.92 Å². The van der Waals surface area contributed by atoms with Gasteiger partial charge in [-0.3, -0.25) is 10.1 Å². The Balaban J connectivity index is 2.58. The number of anilines is 1. The Morgan fingerprint density at radius 3 is 2.50 bits per heavy atom. The molecule has 0 aliphatic carbocycles. The van der Waals surface area contributed by atoms with Crippen molar-refractivity contribution in [1.29, 1.82) is 0 Å². The zero-order chi connectivity index (χ0) is 13.5. The molecule has 0 radical (unpaired) electrons. The van der Waals surface area contributed by atoms with Crippen LogP contribution in [0.2, 0.25) is 0 Å². The summed E-state index contributed by atoms with van der Waals surface area (Å²) in [6.45, 7) is 4.35. The zero-order valence-electron chi connectivity index (χ0n) is 11.0. The van der Waals surface area contributed by atoms with Crippen LogP contribution in [0.3, 0.4) is 0 Å². The quantitative estimate of drug-likeness (QED) is 0.674. The second kappa shape index (κ2) is 6.90. The first-order valence-electron chi connectivity index (χ1n) is 6.03. The molecule has 1 aromatic heterocycles. The number of aliphatic carboxylic acids is 1. The molecule has 6 heteroatoms. The van der Waals surface area contributed by atoms with Crippen LogP contribution in [0.4, 0.5) is 5.95 Å². The summed E-state index contributed by atoms with van der Waals surface area (Å²) < 4.78 is 0. The predicted octanol–water partition coefficient (Wildman–Crippen LogP) is 1.11. The number of carbonyl (C=O) groups is 1. The van der Waals surface area contributed by atoms with Crippen molar-refractivity contribution in [1.82, 2.24) is 15.3 Å². The lowest BCUT2D eigenvalue weighted by Gasteiger charge is -2.20. The van der Waals surface area contributed by atoms with Crippen LogP contribution in [-0.4, -0.2) is 34.1 Å². The highest BCUT2D eigenvalue weighted by atomic mass is 16.4. The number of hydrogen-bond donors (Lipinski definition) is 3. The SMILES string of the molecule is CCC(C)C(NCc1cnc(NC)nc1)C(=O)O. The molecule has 0 bridgehead atoms. The molecule has 6 nitrogen and oxygen atoms in total. The van der Waals surface area contributed by atoms with Crippen LogP contribution >= 0.6 is 0 Å². The minimum Gasteiger partial charge on any atom is -0.480 e. The maximum Gasteiger partial charge on any atom is 0.320 e. The van der Waals surface area contributed by atoms with E-state index in [2.05, 4.69) is 20.6 Å². The molecule has 2 unspecified atom stereocenters. The average Bonchev–Trinajstić information content (AvgIpc) is 2.39. The molecule has 0 aromatic carbocycles. The van der Waals surface area contributed by atoms with E-state index in [1.165, 1.54) is 0 Å². The standard InChI is InChI=1S/C12H20N4O2/c1-4-8(2)10(11(17)18)14-5-9-6-15-12(13-3)16-7-9/h6-8,10,14H,4-5H2,1-3H3,(H,17,18)(H,13,15,16). The number of nitrogens with one attached hydrogen (secondary N) is 2. The summed E-state index contributed by atoms with van der Waals surface area (Å²) in [5.41, 5.74) is 0.864. The molecule has 3 N–H and O–H groups in total. The van der Waals surface area contributed by atoms with Gasteiger partial charge in [0, 0.05) is 31.5 Å². The molecule has 0 saturated carbocycles. The number of rotatable bonds is 7. The smallest absolute Gasteiger partial charge is 0.320 e. The molecule has 18 heavy (non-hydrogen) atoms. The number of carboxylic acids is 1. The molecular weight excluding hydrogens is 232 g/mol. The molecule has 0 fully saturated rings. The van der Waals surface area contributed by atoms with Gasteiger partial charge in [0.1, 0.15) is 6.04 Å². The Labute approximate surface area is 107 Å². The van der Waals surface area contributed by atoms with Gasteiger partial charge in [-0.25, -0.2) is 9.97 Å². The van der Waals surface area contributed by atoms with Gasteiger partial charge in [-0.15, -0.1) is 0 Å². The van der Waals surface area contributed by atoms with Gasteiger partial charge >= 0.3 is 5.97 Å². The largest absolute Gasteiger partial charge is 0.480 e. The Morgan fingerprint density at radius 1 is 1.44 bits per heavy atom. The molecule has 0 saturated heterocycles. The zero-order valence-corrected chi connectivity index (χ0v) is 11.0. The number of carboxylic acid groups (broad SMARTS) is 1. The first kappa shape index (κ1) is 14.4. The second-order valence-corrected chi connectivity index (χ2v) is 4.25. The average molecular weight is 252 g/mol. The molecule has 0 aliphatic heterocycles. The molecule has 1 aromatic rings. The van der Waals surface area contributed by atoms with Crippen molar-refractivity contribution in [3.63, 3.8) is 0 Å². The fourth-order valence-electron chi connectivity index (χ4n) is 1.57. The summed E-state index contributed by atoms with van der Waals surface area (Å²) in [5, 5.41) is 15.0. The van der Waals surface area contributed by atoms with Crippen LogP contribution in [0.1, 0.15) is 25.8 Å². The van der Waals surface area contributed by atoms with E-state index in [0.717, 1.165) is 12.0 Å². The van der Waals surface area contributed by atoms with Gasteiger partial charge in [0.15, 0.2) is 0 Å². The predicted molar refractivity (Wildman–Crippen MR) is 69.3 cm³/mol. The van der Waals surface area contributed by atoms with Crippen molar-refractivity contribution >= 4 is 11.9 Å². The van der Waals surface area contributed by atoms with E-state index in [0.29, 0.717) is 12.5 Å². The van der Waals surface area contributed by atoms with E-state index in [1.807, 2.05) is 13.8 Å². The molecule has 2 atom stereocenters. The fraction of sp³-hybridized carbons (Fsp3) is 0.583. The first-order valence-corrected chi connectivity index (χ1v) is 6.03. The number of hydrogen-bond acceptors (Lipinski definition) is 5. The van der Waals surface area contributed by atoms with Gasteiger partial charge in [0.2, 0.25) is 5.95 Å². The summed E-state index contributed by atoms with van der Waals surface area (Å²) in [5.74, 6) is -0.187. The lowest BCUT2D eigenvalue weighted by Crippen LogP contribution is -2.41. The third-order valence-electron chi connectivity index (χ3n) is 2.93. The summed E-state index contributed by atoms with van der Waals surface area (Å²) in [7, 11) is 1.75. The van der Waals surface area contributed by atoms with Crippen molar-refractivity contribution in [2.45, 2.75) is 32.9 Å². The van der Waals surface area contributed by atoms with Crippen LogP contribution in [0.5, 0.6) is 0 Å². The molecular formula is C12H20N4O2. The summed E-state index contributed by atoms with van der Waals surface area (Å²) in [6, 6.07) is -0.543. The molecule has 1 heterocycles. The van der Waals surface area contributed by atoms with Crippen LogP contribution < -0.4 is 10.6 Å². The van der Waals surface area contributed by atoms with Crippen LogP contribution in [0.15, 0.2) is 12.4 Å². The van der Waals surface area contributed by atoms with Crippen molar-refractivity contribution in [3.05, 3.63) is 18.0 Å². The molecule has 0 aliphatic rings. The molecule has 0 spiro atoms. The maximum absolute atomic E-state index is 11.1. The highest BCUT2D eigenvalue weighted by molar-refractivity contribution is 5.73. The third-order valence-corrected chi connectivity index (χ3v) is 2.93. The van der Waals surface area contributed by atoms with Gasteiger partial charge in [-0.2, -0.15) is 0 Å². The monoisotopic (exact) mass is 252 g/mol. The topological polar surface area (TPSA) is 87.1 Å². The lowest BCUT2D eigenvalue weighted by atomic mass is 9.99. The Hall–Kier alpha value is -1.69. The van der Waals surface area contributed by atoms with E-state index < -0.39 is 12.0 Å². The van der Waals surface area contributed by atoms with Crippen molar-refractivity contribution in [2.75, 3.05) is 12.4 Å². The lowest BCUT2D eigenvalue weighted by molar-refractivity contribution is -0.140. The molecule has 1 rings (SSSR count). The van der Waals surface area contributed by atoms with Crippen molar-refractivity contribution in [2.24, 2.45) is 5.92 Å². The van der Waals surface area contributed by atoms with Gasteiger partial charge in [0.05, 0.1) is 0 Å². The Kier molecular flexibility index (Phi) is 5.51. The summed E-state index contributed by atoms with van der Waals surface area (Å²) in [4.78, 5) is 19.3. The fourth-order valence-corrected chi connectivity index (χ4v) is 1.57. The van der Waals surface area contributed by atoms with Gasteiger partial charge < -0.3 is 10.4 Å². The summed E-state index contributed by atoms with van der Waals surface area (Å²) in [6.07, 6.45) is 4.18. The first-order chi connectivity index (χ1) is 8.58. The normalized spacial score (nSPS) is 13.9. The van der Waals surface area contributed by atoms with Gasteiger partial charge in [-0.1, -0.05) is 20.3 Å². The number of aromatic nitrogens is 2. The van der Waals surface area contributed by atoms with E-state index in [4.69, 9.17) is 5.11 Å². The van der Waals surface area contributed by atoms with E-state index in [1.54, 1.807) is 19.4 Å². The minimum atomic E-state index is -0.822. The number of nitrogens with zero attached hydrogens (tertiary/aromatic N) is 2. The molecule has 0 amide bonds. The van der Waals surface area contributed by atoms with Crippen LogP contribution in [-0.2, 0) is 11.3 Å². The maximum atomic E-state index is 11.1. The van der Waals surface area contributed by atoms with E-state index in [-0.39, 0.29) is 5.92 Å². The van der Waals surface area contributed by atoms with E-state index >= 15 is 0 Å². The van der Waals surface area contributed by atoms with Crippen molar-refractivity contribution in [3.8, 4) is 0 Å². The third kappa shape index (κ3) is 3.96. The highest BCUT2D eigenvalue weighted by Crippen LogP contribution is 2.09. The van der Waals surface area contributed by atoms with Crippen LogP contribution in [0.25, 0.3) is 0 Å². The second-order valence-electron chi connectivity index (χ2n) is 4.25. The van der Waals surface area contributed by atoms with E-state index in [9.17, 15) is 4.79 Å².